The fraction of sp³-hybridized carbons (Fsp3) is 0.417. The van der Waals surface area contributed by atoms with Crippen molar-refractivity contribution >= 4 is 40.6 Å². The molecular weight excluding hydrogens is 647 g/mol. The summed E-state index contributed by atoms with van der Waals surface area (Å²) in [6.07, 6.45) is 0.953. The third-order valence-electron chi connectivity index (χ3n) is 7.76. The summed E-state index contributed by atoms with van der Waals surface area (Å²) in [6.45, 7) is 7.94. The first-order valence-corrected chi connectivity index (χ1v) is 17.9. The number of hydrogen-bond donors (Lipinski definition) is 4. The topological polar surface area (TPSA) is 143 Å². The van der Waals surface area contributed by atoms with Crippen LogP contribution in [0.4, 0.5) is 4.79 Å². The van der Waals surface area contributed by atoms with Crippen LogP contribution in [0.5, 0.6) is 0 Å². The van der Waals surface area contributed by atoms with E-state index in [4.69, 9.17) is 4.74 Å². The number of hydrogen-bond acceptors (Lipinski definition) is 9. The van der Waals surface area contributed by atoms with Crippen LogP contribution in [0.15, 0.2) is 77.8 Å². The van der Waals surface area contributed by atoms with Crippen molar-refractivity contribution in [3.05, 3.63) is 104 Å². The first kappa shape index (κ1) is 36.7. The van der Waals surface area contributed by atoms with E-state index in [1.165, 1.54) is 22.7 Å². The Bertz CT molecular complexity index is 1560. The summed E-state index contributed by atoms with van der Waals surface area (Å²) < 4.78 is 5.42. The highest BCUT2D eigenvalue weighted by atomic mass is 32.1. The average molecular weight is 692 g/mol. The Hall–Kier alpha value is -4.13. The number of benzene rings is 2. The zero-order valence-corrected chi connectivity index (χ0v) is 29.4. The van der Waals surface area contributed by atoms with Crippen LogP contribution < -0.4 is 16.0 Å². The third kappa shape index (κ3) is 11.8. The number of carbonyl (C=O) groups is 3. The number of aromatic nitrogens is 2. The minimum Gasteiger partial charge on any atom is -0.444 e. The molecular formula is C36H45N5O5S2. The maximum Gasteiger partial charge on any atom is 0.407 e. The second kappa shape index (κ2) is 18.4. The molecule has 2 aromatic heterocycles. The van der Waals surface area contributed by atoms with Crippen molar-refractivity contribution in [2.75, 3.05) is 0 Å². The van der Waals surface area contributed by atoms with Gasteiger partial charge in [-0.1, -0.05) is 88.4 Å². The fourth-order valence-electron chi connectivity index (χ4n) is 5.23. The van der Waals surface area contributed by atoms with Crippen LogP contribution in [0.2, 0.25) is 0 Å². The van der Waals surface area contributed by atoms with Gasteiger partial charge in [0, 0.05) is 23.5 Å². The van der Waals surface area contributed by atoms with Gasteiger partial charge >= 0.3 is 6.09 Å². The van der Waals surface area contributed by atoms with Gasteiger partial charge in [0.05, 0.1) is 39.7 Å². The Morgan fingerprint density at radius 2 is 1.54 bits per heavy atom. The SMILES string of the molecule is CC(C)c1nc(CC(=O)NC(C(=O)N[C@@H](Cc2ccccc2)C[C@H](O)[C@H](Cc2ccccc2)NC(=O)OCc2cncs2)C(C)C)cs1. The summed E-state index contributed by atoms with van der Waals surface area (Å²) in [5.74, 6) is -0.550. The van der Waals surface area contributed by atoms with E-state index >= 15 is 0 Å². The molecule has 4 rings (SSSR count). The smallest absolute Gasteiger partial charge is 0.407 e. The molecule has 4 atom stereocenters. The number of carbonyl (C=O) groups excluding carboxylic acids is 3. The summed E-state index contributed by atoms with van der Waals surface area (Å²) in [7, 11) is 0. The average Bonchev–Trinajstić information content (AvgIpc) is 3.76. The molecule has 0 aliphatic carbocycles. The van der Waals surface area contributed by atoms with E-state index in [0.29, 0.717) is 18.5 Å². The molecule has 0 saturated carbocycles. The number of rotatable bonds is 17. The van der Waals surface area contributed by atoms with E-state index < -0.39 is 30.3 Å². The normalized spacial score (nSPS) is 13.8. The predicted molar refractivity (Wildman–Crippen MR) is 189 cm³/mol. The van der Waals surface area contributed by atoms with E-state index in [9.17, 15) is 19.5 Å². The van der Waals surface area contributed by atoms with Crippen molar-refractivity contribution < 1.29 is 24.2 Å². The van der Waals surface area contributed by atoms with Gasteiger partial charge in [0.15, 0.2) is 0 Å². The van der Waals surface area contributed by atoms with Crippen LogP contribution in [0.25, 0.3) is 0 Å². The predicted octanol–water partition coefficient (Wildman–Crippen LogP) is 5.42. The van der Waals surface area contributed by atoms with E-state index in [1.807, 2.05) is 79.9 Å². The molecule has 2 heterocycles. The molecule has 48 heavy (non-hydrogen) atoms. The van der Waals surface area contributed by atoms with Gasteiger partial charge in [-0.15, -0.1) is 22.7 Å². The lowest BCUT2D eigenvalue weighted by Gasteiger charge is -2.30. The van der Waals surface area contributed by atoms with Gasteiger partial charge in [-0.3, -0.25) is 14.6 Å². The van der Waals surface area contributed by atoms with Crippen molar-refractivity contribution in [1.29, 1.82) is 0 Å². The molecule has 12 heteroatoms. The van der Waals surface area contributed by atoms with E-state index in [2.05, 4.69) is 39.8 Å². The molecule has 256 valence electrons. The number of nitrogens with one attached hydrogen (secondary N) is 3. The molecule has 0 aliphatic rings. The Labute approximate surface area is 290 Å². The molecule has 3 amide bonds. The van der Waals surface area contributed by atoms with Crippen LogP contribution in [0, 0.1) is 5.92 Å². The standard InChI is InChI=1S/C36H45N5O5S2/c1-23(2)33(41-32(43)18-28-21-47-35(39-28)24(3)4)34(44)38-27(15-25-11-7-5-8-12-25)17-31(42)30(16-26-13-9-6-10-14-26)40-36(45)46-20-29-19-37-22-48-29/h5-14,19,21-24,27,30-31,33,42H,15-18,20H2,1-4H3,(H,38,44)(H,40,45)(H,41,43)/t27-,30-,31-,33?/m0/s1. The van der Waals surface area contributed by atoms with Crippen molar-refractivity contribution in [1.82, 2.24) is 25.9 Å². The number of thiazole rings is 2. The molecule has 2 aromatic carbocycles. The van der Waals surface area contributed by atoms with Gasteiger partial charge in [-0.25, -0.2) is 9.78 Å². The quantitative estimate of drug-likeness (QED) is 0.116. The fourth-order valence-corrected chi connectivity index (χ4v) is 6.57. The molecule has 4 aromatic rings. The summed E-state index contributed by atoms with van der Waals surface area (Å²) in [6, 6.07) is 17.2. The van der Waals surface area contributed by atoms with Gasteiger partial charge in [0.1, 0.15) is 12.6 Å². The van der Waals surface area contributed by atoms with Crippen molar-refractivity contribution in [3.8, 4) is 0 Å². The van der Waals surface area contributed by atoms with Crippen LogP contribution in [-0.4, -0.2) is 57.2 Å². The largest absolute Gasteiger partial charge is 0.444 e. The third-order valence-corrected chi connectivity index (χ3v) is 9.71. The van der Waals surface area contributed by atoms with Crippen molar-refractivity contribution in [2.24, 2.45) is 5.92 Å². The molecule has 0 fully saturated rings. The Balaban J connectivity index is 1.47. The molecule has 4 N–H and O–H groups in total. The minimum atomic E-state index is -1.04. The first-order valence-electron chi connectivity index (χ1n) is 16.2. The molecule has 0 spiro atoms. The molecule has 0 saturated heterocycles. The van der Waals surface area contributed by atoms with Crippen LogP contribution in [-0.2, 0) is 40.2 Å². The van der Waals surface area contributed by atoms with Crippen LogP contribution >= 0.6 is 22.7 Å². The van der Waals surface area contributed by atoms with E-state index in [1.54, 1.807) is 11.7 Å². The van der Waals surface area contributed by atoms with E-state index in [0.717, 1.165) is 21.0 Å². The Morgan fingerprint density at radius 1 is 0.875 bits per heavy atom. The highest BCUT2D eigenvalue weighted by Gasteiger charge is 2.30. The summed E-state index contributed by atoms with van der Waals surface area (Å²) in [5, 5.41) is 23.3. The summed E-state index contributed by atoms with van der Waals surface area (Å²) >= 11 is 2.91. The molecule has 10 nitrogen and oxygen atoms in total. The molecule has 1 unspecified atom stereocenters. The van der Waals surface area contributed by atoms with Gasteiger partial charge in [-0.2, -0.15) is 0 Å². The number of aliphatic hydroxyl groups is 1. The number of alkyl carbamates (subject to hydrolysis) is 1. The minimum absolute atomic E-state index is 0.0704. The first-order chi connectivity index (χ1) is 23.1. The highest BCUT2D eigenvalue weighted by Crippen LogP contribution is 2.20. The maximum absolute atomic E-state index is 13.8. The lowest BCUT2D eigenvalue weighted by molar-refractivity contribution is -0.130. The zero-order chi connectivity index (χ0) is 34.5. The molecule has 0 bridgehead atoms. The van der Waals surface area contributed by atoms with Crippen molar-refractivity contribution in [2.45, 2.75) is 90.1 Å². The van der Waals surface area contributed by atoms with Gasteiger partial charge in [0.25, 0.3) is 0 Å². The lowest BCUT2D eigenvalue weighted by atomic mass is 9.93. The number of amides is 3. The number of aliphatic hydroxyl groups excluding tert-OH is 1. The summed E-state index contributed by atoms with van der Waals surface area (Å²) in [5.41, 5.74) is 4.24. The van der Waals surface area contributed by atoms with Gasteiger partial charge < -0.3 is 25.8 Å². The molecule has 0 aliphatic heterocycles. The summed E-state index contributed by atoms with van der Waals surface area (Å²) in [4.78, 5) is 49.0. The monoisotopic (exact) mass is 691 g/mol. The zero-order valence-electron chi connectivity index (χ0n) is 27.8. The van der Waals surface area contributed by atoms with Crippen molar-refractivity contribution in [3.63, 3.8) is 0 Å². The second-order valence-corrected chi connectivity index (χ2v) is 14.3. The van der Waals surface area contributed by atoms with Crippen LogP contribution in [0.3, 0.4) is 0 Å². The van der Waals surface area contributed by atoms with Crippen LogP contribution in [0.1, 0.15) is 66.7 Å². The second-order valence-electron chi connectivity index (χ2n) is 12.5. The Kier molecular flexibility index (Phi) is 14.1. The molecule has 0 radical (unpaired) electrons. The number of nitrogens with zero attached hydrogens (tertiary/aromatic N) is 2. The van der Waals surface area contributed by atoms with Gasteiger partial charge in [0.2, 0.25) is 11.8 Å². The maximum atomic E-state index is 13.8. The van der Waals surface area contributed by atoms with Gasteiger partial charge in [-0.05, 0) is 36.3 Å². The highest BCUT2D eigenvalue weighted by molar-refractivity contribution is 7.09. The Morgan fingerprint density at radius 3 is 2.12 bits per heavy atom. The van der Waals surface area contributed by atoms with E-state index in [-0.39, 0.29) is 43.1 Å². The lowest BCUT2D eigenvalue weighted by Crippen LogP contribution is -2.54. The number of ether oxygens (including phenoxy) is 1.